The molecule has 0 aliphatic heterocycles. The summed E-state index contributed by atoms with van der Waals surface area (Å²) in [5.74, 6) is 0.697. The highest BCUT2D eigenvalue weighted by Crippen LogP contribution is 2.23. The normalized spacial score (nSPS) is 15.1. The van der Waals surface area contributed by atoms with E-state index in [-0.39, 0.29) is 6.61 Å². The molecule has 0 aromatic heterocycles. The zero-order valence-electron chi connectivity index (χ0n) is 18.1. The topological polar surface area (TPSA) is 68.7 Å². The quantitative estimate of drug-likeness (QED) is 0.412. The lowest BCUT2D eigenvalue weighted by atomic mass is 10.1. The van der Waals surface area contributed by atoms with Crippen LogP contribution in [0.5, 0.6) is 0 Å². The molecular weight excluding hydrogens is 404 g/mol. The molecule has 0 heterocycles. The molecule has 0 unspecified atom stereocenters. The SMILES string of the molecule is C=C1C=CC=C/C1=N/C(NSc1cccc(NC)c1)=C(\C)Nc1cc(C)cc(CO)c1. The molecule has 1 aliphatic rings. The van der Waals surface area contributed by atoms with Crippen LogP contribution in [0.4, 0.5) is 11.4 Å². The van der Waals surface area contributed by atoms with E-state index in [0.717, 1.165) is 44.4 Å². The number of hydrogen-bond acceptors (Lipinski definition) is 6. The van der Waals surface area contributed by atoms with Crippen molar-refractivity contribution in [3.63, 3.8) is 0 Å². The molecule has 0 saturated heterocycles. The number of nitrogens with zero attached hydrogens (tertiary/aromatic N) is 1. The van der Waals surface area contributed by atoms with E-state index in [9.17, 15) is 5.11 Å². The zero-order chi connectivity index (χ0) is 22.2. The molecule has 3 rings (SSSR count). The minimum atomic E-state index is 0.00113. The number of anilines is 2. The molecular formula is C25H28N4OS. The van der Waals surface area contributed by atoms with E-state index in [2.05, 4.69) is 28.0 Å². The fourth-order valence-electron chi connectivity index (χ4n) is 3.05. The minimum Gasteiger partial charge on any atom is -0.392 e. The van der Waals surface area contributed by atoms with Gasteiger partial charge in [0.05, 0.1) is 18.0 Å². The fourth-order valence-corrected chi connectivity index (χ4v) is 3.79. The molecule has 0 bridgehead atoms. The third-order valence-electron chi connectivity index (χ3n) is 4.62. The highest BCUT2D eigenvalue weighted by atomic mass is 32.2. The summed E-state index contributed by atoms with van der Waals surface area (Å²) in [6.45, 7) is 8.07. The predicted octanol–water partition coefficient (Wildman–Crippen LogP) is 5.55. The van der Waals surface area contributed by atoms with Gasteiger partial charge >= 0.3 is 0 Å². The molecule has 31 heavy (non-hydrogen) atoms. The Labute approximate surface area is 188 Å². The first-order valence-corrected chi connectivity index (χ1v) is 10.8. The van der Waals surface area contributed by atoms with Crippen LogP contribution in [-0.2, 0) is 6.61 Å². The molecule has 4 N–H and O–H groups in total. The van der Waals surface area contributed by atoms with Gasteiger partial charge in [-0.05, 0) is 78.9 Å². The van der Waals surface area contributed by atoms with Gasteiger partial charge in [-0.1, -0.05) is 36.9 Å². The van der Waals surface area contributed by atoms with Gasteiger partial charge in [0, 0.05) is 23.3 Å². The standard InChI is InChI=1S/C25H28N4OS/c1-17-12-20(16-30)14-22(13-17)27-19(3)25(28-24-11-6-5-8-18(24)2)29-31-23-10-7-9-21(15-23)26-4/h5-15,26-27,29-30H,2,16H2,1,3-4H3/b25-19-,28-24-. The van der Waals surface area contributed by atoms with Gasteiger partial charge in [-0.3, -0.25) is 0 Å². The number of benzene rings is 2. The van der Waals surface area contributed by atoms with E-state index in [0.29, 0.717) is 5.82 Å². The maximum atomic E-state index is 9.52. The van der Waals surface area contributed by atoms with Crippen LogP contribution in [0, 0.1) is 6.92 Å². The van der Waals surface area contributed by atoms with Gasteiger partial charge in [-0.15, -0.1) is 0 Å². The monoisotopic (exact) mass is 432 g/mol. The van der Waals surface area contributed by atoms with Gasteiger partial charge in [-0.2, -0.15) is 0 Å². The van der Waals surface area contributed by atoms with E-state index in [4.69, 9.17) is 4.99 Å². The van der Waals surface area contributed by atoms with Crippen molar-refractivity contribution in [2.75, 3.05) is 17.7 Å². The van der Waals surface area contributed by atoms with Crippen LogP contribution in [0.25, 0.3) is 0 Å². The van der Waals surface area contributed by atoms with Gasteiger partial charge < -0.3 is 20.5 Å². The Morgan fingerprint density at radius 2 is 1.90 bits per heavy atom. The van der Waals surface area contributed by atoms with Crippen molar-refractivity contribution in [3.8, 4) is 0 Å². The van der Waals surface area contributed by atoms with Crippen molar-refractivity contribution in [2.45, 2.75) is 25.3 Å². The summed E-state index contributed by atoms with van der Waals surface area (Å²) in [6.07, 6.45) is 7.78. The lowest BCUT2D eigenvalue weighted by Crippen LogP contribution is -2.12. The van der Waals surface area contributed by atoms with Crippen LogP contribution in [0.2, 0.25) is 0 Å². The summed E-state index contributed by atoms with van der Waals surface area (Å²) >= 11 is 1.49. The Morgan fingerprint density at radius 1 is 1.10 bits per heavy atom. The van der Waals surface area contributed by atoms with Crippen LogP contribution in [0.1, 0.15) is 18.1 Å². The van der Waals surface area contributed by atoms with E-state index >= 15 is 0 Å². The molecule has 0 radical (unpaired) electrons. The maximum absolute atomic E-state index is 9.52. The van der Waals surface area contributed by atoms with E-state index in [1.807, 2.05) is 81.6 Å². The number of hydrogen-bond donors (Lipinski definition) is 4. The van der Waals surface area contributed by atoms with E-state index in [1.54, 1.807) is 0 Å². The van der Waals surface area contributed by atoms with Crippen molar-refractivity contribution < 1.29 is 5.11 Å². The largest absolute Gasteiger partial charge is 0.392 e. The number of aliphatic hydroxyl groups is 1. The summed E-state index contributed by atoms with van der Waals surface area (Å²) in [7, 11) is 1.90. The lowest BCUT2D eigenvalue weighted by molar-refractivity contribution is 0.282. The molecule has 0 atom stereocenters. The smallest absolute Gasteiger partial charge is 0.156 e. The average Bonchev–Trinajstić information content (AvgIpc) is 2.77. The molecule has 160 valence electrons. The summed E-state index contributed by atoms with van der Waals surface area (Å²) in [5.41, 5.74) is 6.41. The van der Waals surface area contributed by atoms with Gasteiger partial charge in [0.25, 0.3) is 0 Å². The van der Waals surface area contributed by atoms with Crippen LogP contribution < -0.4 is 15.4 Å². The third kappa shape index (κ3) is 6.38. The van der Waals surface area contributed by atoms with E-state index in [1.165, 1.54) is 11.9 Å². The first-order chi connectivity index (χ1) is 15.0. The Kier molecular flexibility index (Phi) is 7.76. The van der Waals surface area contributed by atoms with Gasteiger partial charge in [0.15, 0.2) is 5.82 Å². The predicted molar refractivity (Wildman–Crippen MR) is 133 cm³/mol. The number of aryl methyl sites for hydroxylation is 1. The summed E-state index contributed by atoms with van der Waals surface area (Å²) in [6, 6.07) is 14.1. The maximum Gasteiger partial charge on any atom is 0.156 e. The number of aliphatic imine (C=N–C) groups is 1. The number of nitrogens with one attached hydrogen (secondary N) is 3. The van der Waals surface area contributed by atoms with Crippen LogP contribution in [-0.4, -0.2) is 17.9 Å². The fraction of sp³-hybridized carbons (Fsp3) is 0.160. The van der Waals surface area contributed by atoms with Crippen LogP contribution >= 0.6 is 11.9 Å². The average molecular weight is 433 g/mol. The van der Waals surface area contributed by atoms with Crippen molar-refractivity contribution in [2.24, 2.45) is 4.99 Å². The highest BCUT2D eigenvalue weighted by molar-refractivity contribution is 7.97. The van der Waals surface area contributed by atoms with Gasteiger partial charge in [-0.25, -0.2) is 4.99 Å². The molecule has 0 fully saturated rings. The van der Waals surface area contributed by atoms with Crippen LogP contribution in [0.15, 0.2) is 100 Å². The number of allylic oxidation sites excluding steroid dienone is 6. The molecule has 2 aromatic rings. The second-order valence-electron chi connectivity index (χ2n) is 7.19. The van der Waals surface area contributed by atoms with Gasteiger partial charge in [0.2, 0.25) is 0 Å². The molecule has 1 aliphatic carbocycles. The Balaban J connectivity index is 1.91. The highest BCUT2D eigenvalue weighted by Gasteiger charge is 2.09. The summed E-state index contributed by atoms with van der Waals surface area (Å²) in [4.78, 5) is 5.90. The molecule has 0 spiro atoms. The van der Waals surface area contributed by atoms with Crippen molar-refractivity contribution >= 4 is 29.0 Å². The first kappa shape index (κ1) is 22.5. The van der Waals surface area contributed by atoms with E-state index < -0.39 is 0 Å². The van der Waals surface area contributed by atoms with Crippen molar-refractivity contribution in [1.29, 1.82) is 0 Å². The van der Waals surface area contributed by atoms with Crippen molar-refractivity contribution in [3.05, 3.63) is 102 Å². The molecule has 5 nitrogen and oxygen atoms in total. The number of aliphatic hydroxyl groups excluding tert-OH is 1. The minimum absolute atomic E-state index is 0.00113. The Hall–Kier alpha value is -3.22. The molecule has 2 aromatic carbocycles. The molecule has 0 saturated carbocycles. The summed E-state index contributed by atoms with van der Waals surface area (Å²) in [5, 5.41) is 16.1. The second-order valence-corrected chi connectivity index (χ2v) is 8.07. The Bertz CT molecular complexity index is 1080. The zero-order valence-corrected chi connectivity index (χ0v) is 18.9. The second kappa shape index (κ2) is 10.7. The summed E-state index contributed by atoms with van der Waals surface area (Å²) < 4.78 is 3.39. The third-order valence-corrected chi connectivity index (χ3v) is 5.40. The first-order valence-electron chi connectivity index (χ1n) is 10.0. The molecule has 6 heteroatoms. The van der Waals surface area contributed by atoms with Gasteiger partial charge in [0.1, 0.15) is 0 Å². The van der Waals surface area contributed by atoms with Crippen molar-refractivity contribution in [1.82, 2.24) is 4.72 Å². The lowest BCUT2D eigenvalue weighted by Gasteiger charge is -2.15. The molecule has 0 amide bonds. The van der Waals surface area contributed by atoms with Crippen LogP contribution in [0.3, 0.4) is 0 Å². The number of rotatable bonds is 8. The Morgan fingerprint density at radius 3 is 2.65 bits per heavy atom.